The van der Waals surface area contributed by atoms with Crippen molar-refractivity contribution < 1.29 is 14.3 Å². The SMILES string of the molecule is CCOc1ccc(NC(=O)CCN(C(C)=O)c2c(C)cccc2C(C)C)cc1. The highest BCUT2D eigenvalue weighted by atomic mass is 16.5. The fourth-order valence-electron chi connectivity index (χ4n) is 3.18. The number of hydrogen-bond donors (Lipinski definition) is 1. The van der Waals surface area contributed by atoms with Crippen LogP contribution in [0.4, 0.5) is 11.4 Å². The Morgan fingerprint density at radius 3 is 2.36 bits per heavy atom. The summed E-state index contributed by atoms with van der Waals surface area (Å²) in [4.78, 5) is 26.4. The number of benzene rings is 2. The third kappa shape index (κ3) is 5.59. The second kappa shape index (κ2) is 9.93. The lowest BCUT2D eigenvalue weighted by atomic mass is 9.97. The van der Waals surface area contributed by atoms with Gasteiger partial charge in [-0.2, -0.15) is 0 Å². The average molecular weight is 383 g/mol. The van der Waals surface area contributed by atoms with Crippen LogP contribution in [0, 0.1) is 6.92 Å². The van der Waals surface area contributed by atoms with Crippen LogP contribution < -0.4 is 15.0 Å². The van der Waals surface area contributed by atoms with Gasteiger partial charge >= 0.3 is 0 Å². The molecule has 0 saturated carbocycles. The van der Waals surface area contributed by atoms with Crippen molar-refractivity contribution in [2.75, 3.05) is 23.4 Å². The van der Waals surface area contributed by atoms with Crippen molar-refractivity contribution >= 4 is 23.2 Å². The van der Waals surface area contributed by atoms with Crippen LogP contribution in [0.2, 0.25) is 0 Å². The molecule has 2 aromatic rings. The van der Waals surface area contributed by atoms with Crippen LogP contribution in [0.1, 0.15) is 51.2 Å². The van der Waals surface area contributed by atoms with Gasteiger partial charge in [0.15, 0.2) is 0 Å². The predicted octanol–water partition coefficient (Wildman–Crippen LogP) is 4.90. The monoisotopic (exact) mass is 382 g/mol. The van der Waals surface area contributed by atoms with E-state index in [0.29, 0.717) is 18.8 Å². The molecule has 2 rings (SSSR count). The van der Waals surface area contributed by atoms with E-state index in [1.54, 1.807) is 11.8 Å². The molecule has 0 aromatic heterocycles. The van der Waals surface area contributed by atoms with Gasteiger partial charge in [0.05, 0.1) is 6.61 Å². The maximum atomic E-state index is 12.4. The van der Waals surface area contributed by atoms with Gasteiger partial charge in [0.2, 0.25) is 11.8 Å². The van der Waals surface area contributed by atoms with Crippen LogP contribution in [0.25, 0.3) is 0 Å². The fraction of sp³-hybridized carbons (Fsp3) is 0.391. The van der Waals surface area contributed by atoms with Crippen LogP contribution >= 0.6 is 0 Å². The maximum Gasteiger partial charge on any atom is 0.226 e. The topological polar surface area (TPSA) is 58.6 Å². The highest BCUT2D eigenvalue weighted by Crippen LogP contribution is 2.31. The second-order valence-corrected chi connectivity index (χ2v) is 7.09. The molecule has 0 heterocycles. The number of amides is 2. The van der Waals surface area contributed by atoms with E-state index in [2.05, 4.69) is 19.2 Å². The van der Waals surface area contributed by atoms with Crippen molar-refractivity contribution in [1.29, 1.82) is 0 Å². The molecule has 0 fully saturated rings. The van der Waals surface area contributed by atoms with Crippen molar-refractivity contribution in [2.45, 2.75) is 47.0 Å². The van der Waals surface area contributed by atoms with Crippen LogP contribution in [-0.4, -0.2) is 25.0 Å². The fourth-order valence-corrected chi connectivity index (χ4v) is 3.18. The number of carbonyl (C=O) groups excluding carboxylic acids is 2. The molecular formula is C23H30N2O3. The number of para-hydroxylation sites is 1. The lowest BCUT2D eigenvalue weighted by Crippen LogP contribution is -2.33. The Hall–Kier alpha value is -2.82. The highest BCUT2D eigenvalue weighted by molar-refractivity contribution is 5.96. The zero-order valence-corrected chi connectivity index (χ0v) is 17.4. The smallest absolute Gasteiger partial charge is 0.226 e. The third-order valence-electron chi connectivity index (χ3n) is 4.55. The summed E-state index contributed by atoms with van der Waals surface area (Å²) in [5.41, 5.74) is 3.77. The zero-order valence-electron chi connectivity index (χ0n) is 17.4. The number of anilines is 2. The summed E-state index contributed by atoms with van der Waals surface area (Å²) < 4.78 is 5.40. The first-order chi connectivity index (χ1) is 13.3. The number of nitrogens with one attached hydrogen (secondary N) is 1. The lowest BCUT2D eigenvalue weighted by molar-refractivity contribution is -0.117. The molecule has 0 radical (unpaired) electrons. The van der Waals surface area contributed by atoms with Crippen LogP contribution in [-0.2, 0) is 9.59 Å². The summed E-state index contributed by atoms with van der Waals surface area (Å²) in [7, 11) is 0. The number of rotatable bonds is 8. The van der Waals surface area contributed by atoms with Crippen molar-refractivity contribution in [1.82, 2.24) is 0 Å². The summed E-state index contributed by atoms with van der Waals surface area (Å²) in [5.74, 6) is 0.860. The Balaban J connectivity index is 2.08. The maximum absolute atomic E-state index is 12.4. The van der Waals surface area contributed by atoms with E-state index in [-0.39, 0.29) is 24.2 Å². The van der Waals surface area contributed by atoms with E-state index >= 15 is 0 Å². The van der Waals surface area contributed by atoms with Crippen molar-refractivity contribution in [3.05, 3.63) is 53.6 Å². The molecule has 0 unspecified atom stereocenters. The molecule has 0 atom stereocenters. The first-order valence-corrected chi connectivity index (χ1v) is 9.73. The van der Waals surface area contributed by atoms with Crippen LogP contribution in [0.3, 0.4) is 0 Å². The van der Waals surface area contributed by atoms with E-state index in [1.807, 2.05) is 56.3 Å². The van der Waals surface area contributed by atoms with Gasteiger partial charge in [-0.15, -0.1) is 0 Å². The lowest BCUT2D eigenvalue weighted by Gasteiger charge is -2.27. The van der Waals surface area contributed by atoms with E-state index in [9.17, 15) is 9.59 Å². The summed E-state index contributed by atoms with van der Waals surface area (Å²) in [6.45, 7) is 10.6. The van der Waals surface area contributed by atoms with E-state index < -0.39 is 0 Å². The molecule has 5 heteroatoms. The Bertz CT molecular complexity index is 813. The first kappa shape index (κ1) is 21.5. The molecule has 0 spiro atoms. The summed E-state index contributed by atoms with van der Waals surface area (Å²) in [6.07, 6.45) is 0.221. The normalized spacial score (nSPS) is 10.6. The molecule has 0 aliphatic carbocycles. The second-order valence-electron chi connectivity index (χ2n) is 7.09. The van der Waals surface area contributed by atoms with E-state index in [0.717, 1.165) is 22.6 Å². The van der Waals surface area contributed by atoms with Gasteiger partial charge in [0, 0.05) is 31.3 Å². The molecule has 0 aliphatic heterocycles. The Labute approximate surface area is 167 Å². The molecule has 150 valence electrons. The van der Waals surface area contributed by atoms with Gasteiger partial charge in [-0.05, 0) is 55.2 Å². The van der Waals surface area contributed by atoms with Gasteiger partial charge in [-0.3, -0.25) is 9.59 Å². The van der Waals surface area contributed by atoms with Crippen LogP contribution in [0.15, 0.2) is 42.5 Å². The molecule has 28 heavy (non-hydrogen) atoms. The van der Waals surface area contributed by atoms with E-state index in [4.69, 9.17) is 4.74 Å². The van der Waals surface area contributed by atoms with Crippen molar-refractivity contribution in [2.24, 2.45) is 0 Å². The molecule has 0 aliphatic rings. The minimum Gasteiger partial charge on any atom is -0.494 e. The molecular weight excluding hydrogens is 352 g/mol. The molecule has 2 amide bonds. The minimum atomic E-state index is -0.130. The highest BCUT2D eigenvalue weighted by Gasteiger charge is 2.20. The Kier molecular flexibility index (Phi) is 7.61. The summed E-state index contributed by atoms with van der Waals surface area (Å²) in [6, 6.07) is 13.3. The summed E-state index contributed by atoms with van der Waals surface area (Å²) >= 11 is 0. The molecule has 1 N–H and O–H groups in total. The number of nitrogens with zero attached hydrogens (tertiary/aromatic N) is 1. The standard InChI is InChI=1S/C23H30N2O3/c1-6-28-20-12-10-19(11-13-20)24-22(27)14-15-25(18(5)26)23-17(4)8-7-9-21(23)16(2)3/h7-13,16H,6,14-15H2,1-5H3,(H,24,27). The molecule has 5 nitrogen and oxygen atoms in total. The zero-order chi connectivity index (χ0) is 20.7. The number of ether oxygens (including phenoxy) is 1. The quantitative estimate of drug-likeness (QED) is 0.706. The predicted molar refractivity (Wildman–Crippen MR) is 114 cm³/mol. The minimum absolute atomic E-state index is 0.0648. The van der Waals surface area contributed by atoms with Gasteiger partial charge < -0.3 is 15.0 Å². The van der Waals surface area contributed by atoms with Gasteiger partial charge in [-0.1, -0.05) is 32.0 Å². The van der Waals surface area contributed by atoms with Crippen molar-refractivity contribution in [3.63, 3.8) is 0 Å². The summed E-state index contributed by atoms with van der Waals surface area (Å²) in [5, 5.41) is 2.88. The van der Waals surface area contributed by atoms with Gasteiger partial charge in [0.25, 0.3) is 0 Å². The van der Waals surface area contributed by atoms with E-state index in [1.165, 1.54) is 0 Å². The first-order valence-electron chi connectivity index (χ1n) is 9.73. The van der Waals surface area contributed by atoms with Crippen LogP contribution in [0.5, 0.6) is 5.75 Å². The van der Waals surface area contributed by atoms with Crippen molar-refractivity contribution in [3.8, 4) is 5.75 Å². The number of aryl methyl sites for hydroxylation is 1. The average Bonchev–Trinajstić information content (AvgIpc) is 2.64. The third-order valence-corrected chi connectivity index (χ3v) is 4.55. The molecule has 0 bridgehead atoms. The molecule has 2 aromatic carbocycles. The largest absolute Gasteiger partial charge is 0.494 e. The number of carbonyl (C=O) groups is 2. The molecule has 0 saturated heterocycles. The Morgan fingerprint density at radius 2 is 1.79 bits per heavy atom. The van der Waals surface area contributed by atoms with Gasteiger partial charge in [0.1, 0.15) is 5.75 Å². The Morgan fingerprint density at radius 1 is 1.11 bits per heavy atom. The van der Waals surface area contributed by atoms with Gasteiger partial charge in [-0.25, -0.2) is 0 Å². The number of hydrogen-bond acceptors (Lipinski definition) is 3.